The molecule has 0 amide bonds. The number of aliphatic hydroxyl groups is 2. The Kier molecular flexibility index (Phi) is 7.90. The maximum Gasteiger partial charge on any atom is 0.157 e. The molecule has 0 bridgehead atoms. The highest BCUT2D eigenvalue weighted by molar-refractivity contribution is 6.18. The Morgan fingerprint density at radius 2 is 1.37 bits per heavy atom. The predicted molar refractivity (Wildman–Crippen MR) is 105 cm³/mol. The fourth-order valence-electron chi connectivity index (χ4n) is 2.58. The van der Waals surface area contributed by atoms with Crippen molar-refractivity contribution in [1.82, 2.24) is 0 Å². The molecule has 27 heavy (non-hydrogen) atoms. The minimum atomic E-state index is -1.38. The molecule has 0 unspecified atom stereocenters. The van der Waals surface area contributed by atoms with Crippen LogP contribution in [0.1, 0.15) is 25.0 Å². The second-order valence-electron chi connectivity index (χ2n) is 6.88. The first-order chi connectivity index (χ1) is 12.9. The topological polar surface area (TPSA) is 58.9 Å². The Morgan fingerprint density at radius 3 is 1.78 bits per heavy atom. The van der Waals surface area contributed by atoms with Crippen molar-refractivity contribution in [1.29, 1.82) is 0 Å². The summed E-state index contributed by atoms with van der Waals surface area (Å²) in [6.07, 6.45) is -2.07. The van der Waals surface area contributed by atoms with Crippen molar-refractivity contribution >= 4 is 11.6 Å². The molecule has 0 aliphatic rings. The largest absolute Gasteiger partial charge is 0.491 e. The molecule has 2 atom stereocenters. The zero-order chi connectivity index (χ0) is 19.9. The van der Waals surface area contributed by atoms with Gasteiger partial charge in [0.05, 0.1) is 12.5 Å². The van der Waals surface area contributed by atoms with Crippen molar-refractivity contribution in [2.24, 2.45) is 0 Å². The summed E-state index contributed by atoms with van der Waals surface area (Å²) in [7, 11) is 0. The fourth-order valence-corrected chi connectivity index (χ4v) is 2.67. The lowest BCUT2D eigenvalue weighted by Gasteiger charge is -2.26. The summed E-state index contributed by atoms with van der Waals surface area (Å²) in [6, 6.07) is 15.2. The van der Waals surface area contributed by atoms with E-state index in [4.69, 9.17) is 26.2 Å². The first-order valence-electron chi connectivity index (χ1n) is 8.82. The molecule has 0 spiro atoms. The Hall–Kier alpha value is -1.82. The lowest BCUT2D eigenvalue weighted by atomic mass is 9.78. The Balaban J connectivity index is 2.04. The van der Waals surface area contributed by atoms with E-state index >= 15 is 0 Å². The van der Waals surface area contributed by atoms with Crippen molar-refractivity contribution < 1.29 is 24.1 Å². The van der Waals surface area contributed by atoms with Gasteiger partial charge < -0.3 is 19.7 Å². The number of benzene rings is 2. The average molecular weight is 397 g/mol. The molecule has 0 aliphatic heterocycles. The number of halogens is 2. The summed E-state index contributed by atoms with van der Waals surface area (Å²) in [5, 5.41) is 18.2. The Morgan fingerprint density at radius 1 is 0.926 bits per heavy atom. The number of rotatable bonds is 10. The van der Waals surface area contributed by atoms with Gasteiger partial charge in [-0.2, -0.15) is 0 Å². The van der Waals surface area contributed by atoms with Gasteiger partial charge in [-0.05, 0) is 35.4 Å². The monoisotopic (exact) mass is 396 g/mol. The molecule has 6 heteroatoms. The van der Waals surface area contributed by atoms with E-state index in [1.807, 2.05) is 36.4 Å². The van der Waals surface area contributed by atoms with E-state index < -0.39 is 18.9 Å². The molecular weight excluding hydrogens is 371 g/mol. The molecule has 0 fully saturated rings. The summed E-state index contributed by atoms with van der Waals surface area (Å²) in [5.41, 5.74) is 1.94. The molecular formula is C21H26ClFO4. The number of alkyl halides is 2. The molecule has 0 aliphatic carbocycles. The number of hydrogen-bond donors (Lipinski definition) is 2. The van der Waals surface area contributed by atoms with Crippen LogP contribution in [0.25, 0.3) is 0 Å². The molecule has 0 heterocycles. The van der Waals surface area contributed by atoms with Crippen LogP contribution in [0.5, 0.6) is 11.5 Å². The Bertz CT molecular complexity index is 629. The first kappa shape index (κ1) is 21.5. The van der Waals surface area contributed by atoms with Gasteiger partial charge in [-0.1, -0.05) is 38.1 Å². The number of hydrogen-bond acceptors (Lipinski definition) is 4. The number of aliphatic hydroxyl groups excluding tert-OH is 2. The van der Waals surface area contributed by atoms with E-state index in [1.165, 1.54) is 0 Å². The smallest absolute Gasteiger partial charge is 0.157 e. The summed E-state index contributed by atoms with van der Waals surface area (Å²) < 4.78 is 23.9. The van der Waals surface area contributed by atoms with Crippen LogP contribution < -0.4 is 9.47 Å². The normalized spacial score (nSPS) is 13.9. The second-order valence-corrected chi connectivity index (χ2v) is 7.19. The maximum absolute atomic E-state index is 13.1. The van der Waals surface area contributed by atoms with Gasteiger partial charge in [0.2, 0.25) is 0 Å². The minimum absolute atomic E-state index is 0.136. The first-order valence-corrected chi connectivity index (χ1v) is 9.36. The lowest BCUT2D eigenvalue weighted by Crippen LogP contribution is -2.20. The third-order valence-electron chi connectivity index (χ3n) is 4.40. The summed E-state index contributed by atoms with van der Waals surface area (Å²) in [5.74, 6) is 1.37. The van der Waals surface area contributed by atoms with Crippen molar-refractivity contribution in [2.45, 2.75) is 31.5 Å². The zero-order valence-electron chi connectivity index (χ0n) is 15.6. The van der Waals surface area contributed by atoms with Gasteiger partial charge in [0.15, 0.2) is 6.17 Å². The SMILES string of the molecule is CC(C)(c1ccc(OC[C@@H](O)CCl)cc1)c1ccc(OC[C@H](F)CO)cc1. The van der Waals surface area contributed by atoms with E-state index in [-0.39, 0.29) is 24.5 Å². The third kappa shape index (κ3) is 6.09. The van der Waals surface area contributed by atoms with E-state index in [0.29, 0.717) is 11.5 Å². The van der Waals surface area contributed by atoms with E-state index in [1.54, 1.807) is 12.1 Å². The molecule has 0 radical (unpaired) electrons. The van der Waals surface area contributed by atoms with Gasteiger partial charge in [0.25, 0.3) is 0 Å². The van der Waals surface area contributed by atoms with Crippen molar-refractivity contribution in [3.8, 4) is 11.5 Å². The van der Waals surface area contributed by atoms with Crippen LogP contribution in [-0.2, 0) is 5.41 Å². The van der Waals surface area contributed by atoms with Gasteiger partial charge in [0, 0.05) is 5.41 Å². The van der Waals surface area contributed by atoms with Gasteiger partial charge in [-0.25, -0.2) is 4.39 Å². The average Bonchev–Trinajstić information content (AvgIpc) is 2.70. The molecule has 0 aromatic heterocycles. The summed E-state index contributed by atoms with van der Waals surface area (Å²) in [6.45, 7) is 3.66. The molecule has 2 rings (SSSR count). The van der Waals surface area contributed by atoms with E-state index in [9.17, 15) is 9.50 Å². The highest BCUT2D eigenvalue weighted by Crippen LogP contribution is 2.33. The highest BCUT2D eigenvalue weighted by atomic mass is 35.5. The van der Waals surface area contributed by atoms with Crippen LogP contribution in [0.2, 0.25) is 0 Å². The van der Waals surface area contributed by atoms with Gasteiger partial charge in [0.1, 0.15) is 30.8 Å². The molecule has 4 nitrogen and oxygen atoms in total. The third-order valence-corrected chi connectivity index (χ3v) is 4.76. The van der Waals surface area contributed by atoms with Crippen molar-refractivity contribution in [3.05, 3.63) is 59.7 Å². The zero-order valence-corrected chi connectivity index (χ0v) is 16.3. The molecule has 148 valence electrons. The second kappa shape index (κ2) is 9.93. The van der Waals surface area contributed by atoms with Gasteiger partial charge >= 0.3 is 0 Å². The molecule has 0 saturated heterocycles. The van der Waals surface area contributed by atoms with Crippen LogP contribution >= 0.6 is 11.6 Å². The van der Waals surface area contributed by atoms with Crippen LogP contribution in [-0.4, -0.2) is 48.2 Å². The van der Waals surface area contributed by atoms with Crippen molar-refractivity contribution in [3.63, 3.8) is 0 Å². The molecule has 2 aromatic carbocycles. The number of ether oxygens (including phenoxy) is 2. The van der Waals surface area contributed by atoms with Gasteiger partial charge in [-0.15, -0.1) is 11.6 Å². The Labute approximate surface area is 164 Å². The van der Waals surface area contributed by atoms with E-state index in [2.05, 4.69) is 13.8 Å². The fraction of sp³-hybridized carbons (Fsp3) is 0.429. The predicted octanol–water partition coefficient (Wildman–Crippen LogP) is 3.70. The van der Waals surface area contributed by atoms with Crippen LogP contribution in [0.15, 0.2) is 48.5 Å². The van der Waals surface area contributed by atoms with Gasteiger partial charge in [-0.3, -0.25) is 0 Å². The summed E-state index contributed by atoms with van der Waals surface area (Å²) in [4.78, 5) is 0. The quantitative estimate of drug-likeness (QED) is 0.601. The summed E-state index contributed by atoms with van der Waals surface area (Å²) >= 11 is 5.56. The molecule has 2 aromatic rings. The highest BCUT2D eigenvalue weighted by Gasteiger charge is 2.23. The van der Waals surface area contributed by atoms with Crippen molar-refractivity contribution in [2.75, 3.05) is 25.7 Å². The van der Waals surface area contributed by atoms with Crippen LogP contribution in [0.3, 0.4) is 0 Å². The lowest BCUT2D eigenvalue weighted by molar-refractivity contribution is 0.123. The maximum atomic E-state index is 13.1. The molecule has 2 N–H and O–H groups in total. The standard InChI is InChI=1S/C21H26ClFO4/c1-21(2,15-3-7-19(8-4-15)26-13-17(23)12-24)16-5-9-20(10-6-16)27-14-18(25)11-22/h3-10,17-18,24-25H,11-14H2,1-2H3/t17-,18+/m1/s1. The molecule has 0 saturated carbocycles. The van der Waals surface area contributed by atoms with Crippen LogP contribution in [0, 0.1) is 0 Å². The minimum Gasteiger partial charge on any atom is -0.491 e. The van der Waals surface area contributed by atoms with E-state index in [0.717, 1.165) is 11.1 Å². The van der Waals surface area contributed by atoms with Crippen LogP contribution in [0.4, 0.5) is 4.39 Å².